The number of nitrogens with one attached hydrogen (secondary N) is 1. The van der Waals surface area contributed by atoms with Gasteiger partial charge in [0.1, 0.15) is 5.82 Å². The Morgan fingerprint density at radius 1 is 1.45 bits per heavy atom. The summed E-state index contributed by atoms with van der Waals surface area (Å²) >= 11 is 0. The van der Waals surface area contributed by atoms with Crippen LogP contribution in [0.15, 0.2) is 12.4 Å². The van der Waals surface area contributed by atoms with Gasteiger partial charge in [-0.15, -0.1) is 0 Å². The Morgan fingerprint density at radius 3 is 2.70 bits per heavy atom. The maximum Gasteiger partial charge on any atom is 0.307 e. The molecule has 2 rings (SSSR count). The molecule has 0 spiro atoms. The number of aromatic nitrogens is 2. The number of hydrogen-bond acceptors (Lipinski definition) is 3. The predicted octanol–water partition coefficient (Wildman–Crippen LogP) is 1.51. The van der Waals surface area contributed by atoms with Crippen LogP contribution in [-0.2, 0) is 16.1 Å². The summed E-state index contributed by atoms with van der Waals surface area (Å²) < 4.78 is 0. The number of imidazole rings is 1. The molecular formula is C14H21N3O3. The van der Waals surface area contributed by atoms with Crippen LogP contribution in [0.25, 0.3) is 0 Å². The van der Waals surface area contributed by atoms with Gasteiger partial charge in [-0.2, -0.15) is 0 Å². The average Bonchev–Trinajstić information content (AvgIpc) is 3.06. The Bertz CT molecular complexity index is 472. The Morgan fingerprint density at radius 2 is 2.15 bits per heavy atom. The molecule has 1 unspecified atom stereocenters. The molecule has 0 aromatic carbocycles. The van der Waals surface area contributed by atoms with Crippen molar-refractivity contribution < 1.29 is 14.7 Å². The molecule has 0 bridgehead atoms. The Hall–Kier alpha value is -1.85. The van der Waals surface area contributed by atoms with Crippen molar-refractivity contribution in [2.75, 3.05) is 7.05 Å². The van der Waals surface area contributed by atoms with Crippen LogP contribution in [0.2, 0.25) is 0 Å². The van der Waals surface area contributed by atoms with Crippen LogP contribution in [-0.4, -0.2) is 38.9 Å². The number of amides is 1. The van der Waals surface area contributed by atoms with Crippen LogP contribution in [0, 0.1) is 17.8 Å². The fourth-order valence-electron chi connectivity index (χ4n) is 2.99. The quantitative estimate of drug-likeness (QED) is 0.855. The zero-order valence-corrected chi connectivity index (χ0v) is 11.9. The molecule has 1 aliphatic carbocycles. The minimum Gasteiger partial charge on any atom is -0.481 e. The maximum absolute atomic E-state index is 12.5. The third kappa shape index (κ3) is 3.00. The third-order valence-corrected chi connectivity index (χ3v) is 4.19. The fraction of sp³-hybridized carbons (Fsp3) is 0.643. The van der Waals surface area contributed by atoms with E-state index >= 15 is 0 Å². The molecule has 0 radical (unpaired) electrons. The first-order valence-electron chi connectivity index (χ1n) is 6.99. The van der Waals surface area contributed by atoms with Crippen LogP contribution in [0.5, 0.6) is 0 Å². The van der Waals surface area contributed by atoms with Crippen LogP contribution < -0.4 is 0 Å². The van der Waals surface area contributed by atoms with Gasteiger partial charge in [-0.1, -0.05) is 13.3 Å². The van der Waals surface area contributed by atoms with Crippen LogP contribution in [0.1, 0.15) is 32.0 Å². The molecule has 0 aliphatic heterocycles. The molecule has 1 aromatic rings. The van der Waals surface area contributed by atoms with Gasteiger partial charge in [0.25, 0.3) is 0 Å². The van der Waals surface area contributed by atoms with Crippen molar-refractivity contribution in [2.24, 2.45) is 17.8 Å². The molecule has 1 heterocycles. The molecule has 6 heteroatoms. The highest BCUT2D eigenvalue weighted by molar-refractivity contribution is 5.85. The van der Waals surface area contributed by atoms with Crippen LogP contribution in [0.4, 0.5) is 0 Å². The highest BCUT2D eigenvalue weighted by Crippen LogP contribution is 2.39. The number of aliphatic carboxylic acids is 1. The summed E-state index contributed by atoms with van der Waals surface area (Å²) in [7, 11) is 1.70. The molecule has 1 fully saturated rings. The number of carboxylic acid groups (broad SMARTS) is 1. The van der Waals surface area contributed by atoms with E-state index in [4.69, 9.17) is 0 Å². The zero-order valence-electron chi connectivity index (χ0n) is 11.9. The van der Waals surface area contributed by atoms with Crippen molar-refractivity contribution in [3.05, 3.63) is 18.2 Å². The summed E-state index contributed by atoms with van der Waals surface area (Å²) in [5, 5.41) is 9.30. The first-order chi connectivity index (χ1) is 9.52. The Balaban J connectivity index is 2.04. The van der Waals surface area contributed by atoms with E-state index in [-0.39, 0.29) is 5.91 Å². The number of carbonyl (C=O) groups is 2. The van der Waals surface area contributed by atoms with E-state index in [0.29, 0.717) is 31.1 Å². The third-order valence-electron chi connectivity index (χ3n) is 4.19. The number of nitrogens with zero attached hydrogens (tertiary/aromatic N) is 2. The normalized spacial score (nSPS) is 25.6. The van der Waals surface area contributed by atoms with Crippen molar-refractivity contribution in [2.45, 2.75) is 32.7 Å². The average molecular weight is 279 g/mol. The fourth-order valence-corrected chi connectivity index (χ4v) is 2.99. The number of H-pyrrole nitrogens is 1. The summed E-state index contributed by atoms with van der Waals surface area (Å²) in [4.78, 5) is 32.4. The molecule has 1 saturated carbocycles. The minimum absolute atomic E-state index is 0.0928. The Labute approximate surface area is 118 Å². The molecule has 6 nitrogen and oxygen atoms in total. The van der Waals surface area contributed by atoms with Crippen molar-refractivity contribution >= 4 is 11.9 Å². The monoisotopic (exact) mass is 279 g/mol. The van der Waals surface area contributed by atoms with Gasteiger partial charge in [0, 0.05) is 19.4 Å². The van der Waals surface area contributed by atoms with E-state index in [2.05, 4.69) is 9.97 Å². The van der Waals surface area contributed by atoms with Gasteiger partial charge in [-0.25, -0.2) is 4.98 Å². The molecule has 1 aromatic heterocycles. The van der Waals surface area contributed by atoms with E-state index < -0.39 is 17.8 Å². The largest absolute Gasteiger partial charge is 0.481 e. The van der Waals surface area contributed by atoms with Gasteiger partial charge in [-0.05, 0) is 18.8 Å². The van der Waals surface area contributed by atoms with Crippen molar-refractivity contribution in [3.63, 3.8) is 0 Å². The summed E-state index contributed by atoms with van der Waals surface area (Å²) in [6.45, 7) is 2.43. The first-order valence-corrected chi connectivity index (χ1v) is 6.99. The van der Waals surface area contributed by atoms with Gasteiger partial charge in [-0.3, -0.25) is 9.59 Å². The molecule has 1 amide bonds. The summed E-state index contributed by atoms with van der Waals surface area (Å²) in [5.74, 6) is -0.862. The molecule has 1 aliphatic rings. The number of aromatic amines is 1. The lowest BCUT2D eigenvalue weighted by Crippen LogP contribution is -2.36. The highest BCUT2D eigenvalue weighted by atomic mass is 16.4. The number of hydrogen-bond donors (Lipinski definition) is 2. The lowest BCUT2D eigenvalue weighted by Gasteiger charge is -2.22. The molecule has 20 heavy (non-hydrogen) atoms. The van der Waals surface area contributed by atoms with E-state index in [1.54, 1.807) is 24.3 Å². The van der Waals surface area contributed by atoms with Gasteiger partial charge < -0.3 is 15.0 Å². The molecular weight excluding hydrogens is 258 g/mol. The summed E-state index contributed by atoms with van der Waals surface area (Å²) in [6.07, 6.45) is 5.55. The van der Waals surface area contributed by atoms with E-state index in [0.717, 1.165) is 6.42 Å². The van der Waals surface area contributed by atoms with E-state index in [1.807, 2.05) is 6.92 Å². The van der Waals surface area contributed by atoms with Crippen molar-refractivity contribution in [1.82, 2.24) is 14.9 Å². The lowest BCUT2D eigenvalue weighted by molar-refractivity contribution is -0.148. The highest BCUT2D eigenvalue weighted by Gasteiger charge is 2.43. The second-order valence-electron chi connectivity index (χ2n) is 5.53. The smallest absolute Gasteiger partial charge is 0.307 e. The van der Waals surface area contributed by atoms with Gasteiger partial charge >= 0.3 is 5.97 Å². The standard InChI is InChI=1S/C14H21N3O3/c1-3-9-6-10(11(7-9)14(19)20)13(18)17(2)8-12-15-4-5-16-12/h4-5,9-11H,3,6-8H2,1-2H3,(H,15,16)(H,19,20)/t9?,10-,11+/m0/s1. The maximum atomic E-state index is 12.5. The molecule has 2 N–H and O–H groups in total. The van der Waals surface area contributed by atoms with E-state index in [9.17, 15) is 14.7 Å². The Kier molecular flexibility index (Phi) is 4.42. The molecule has 3 atom stereocenters. The number of carbonyl (C=O) groups excluding carboxylic acids is 1. The van der Waals surface area contributed by atoms with E-state index in [1.165, 1.54) is 0 Å². The molecule has 0 saturated heterocycles. The predicted molar refractivity (Wildman–Crippen MR) is 72.7 cm³/mol. The van der Waals surface area contributed by atoms with Crippen molar-refractivity contribution in [1.29, 1.82) is 0 Å². The number of carboxylic acids is 1. The first kappa shape index (κ1) is 14.6. The number of rotatable bonds is 5. The van der Waals surface area contributed by atoms with Crippen LogP contribution in [0.3, 0.4) is 0 Å². The second-order valence-corrected chi connectivity index (χ2v) is 5.53. The minimum atomic E-state index is -0.856. The molecule has 110 valence electrons. The van der Waals surface area contributed by atoms with Crippen molar-refractivity contribution in [3.8, 4) is 0 Å². The van der Waals surface area contributed by atoms with Gasteiger partial charge in [0.05, 0.1) is 18.4 Å². The lowest BCUT2D eigenvalue weighted by atomic mass is 9.95. The topological polar surface area (TPSA) is 86.3 Å². The van der Waals surface area contributed by atoms with Gasteiger partial charge in [0.15, 0.2) is 0 Å². The second kappa shape index (κ2) is 6.07. The van der Waals surface area contributed by atoms with Gasteiger partial charge in [0.2, 0.25) is 5.91 Å². The summed E-state index contributed by atoms with van der Waals surface area (Å²) in [5.41, 5.74) is 0. The summed E-state index contributed by atoms with van der Waals surface area (Å²) in [6, 6.07) is 0. The SMILES string of the molecule is CCC1C[C@H](C(=O)N(C)Cc2ncc[nH]2)[C@H](C(=O)O)C1. The zero-order chi connectivity index (χ0) is 14.7. The van der Waals surface area contributed by atoms with Crippen LogP contribution >= 0.6 is 0 Å².